The van der Waals surface area contributed by atoms with Gasteiger partial charge in [-0.3, -0.25) is 4.68 Å². The van der Waals surface area contributed by atoms with Gasteiger partial charge in [0, 0.05) is 25.0 Å². The minimum absolute atomic E-state index is 0.938. The first kappa shape index (κ1) is 9.52. The lowest BCUT2D eigenvalue weighted by Gasteiger charge is -1.87. The van der Waals surface area contributed by atoms with Crippen molar-refractivity contribution in [2.45, 2.75) is 12.8 Å². The number of aromatic nitrogens is 2. The van der Waals surface area contributed by atoms with Crippen LogP contribution in [0.3, 0.4) is 0 Å². The smallest absolute Gasteiger partial charge is 0.0662 e. The van der Waals surface area contributed by atoms with Crippen LogP contribution in [0.1, 0.15) is 12.1 Å². The Morgan fingerprint density at radius 2 is 2.42 bits per heavy atom. The SMILES string of the molecule is Cn1ccc(C/C=C/CCBr)n1. The summed E-state index contributed by atoms with van der Waals surface area (Å²) in [5, 5.41) is 5.30. The summed E-state index contributed by atoms with van der Waals surface area (Å²) in [5.74, 6) is 0. The first-order valence-corrected chi connectivity index (χ1v) is 5.14. The fraction of sp³-hybridized carbons (Fsp3) is 0.444. The summed E-state index contributed by atoms with van der Waals surface area (Å²) in [5.41, 5.74) is 1.13. The van der Waals surface area contributed by atoms with E-state index in [1.54, 1.807) is 0 Å². The number of rotatable bonds is 4. The predicted molar refractivity (Wildman–Crippen MR) is 54.5 cm³/mol. The molecule has 12 heavy (non-hydrogen) atoms. The van der Waals surface area contributed by atoms with E-state index in [1.807, 2.05) is 24.0 Å². The highest BCUT2D eigenvalue weighted by molar-refractivity contribution is 9.09. The summed E-state index contributed by atoms with van der Waals surface area (Å²) < 4.78 is 1.83. The molecule has 0 spiro atoms. The highest BCUT2D eigenvalue weighted by atomic mass is 79.9. The van der Waals surface area contributed by atoms with E-state index in [4.69, 9.17) is 0 Å². The van der Waals surface area contributed by atoms with Crippen LogP contribution in [-0.4, -0.2) is 15.1 Å². The van der Waals surface area contributed by atoms with Crippen molar-refractivity contribution < 1.29 is 0 Å². The molecular weight excluding hydrogens is 216 g/mol. The third-order valence-electron chi connectivity index (χ3n) is 1.54. The maximum absolute atomic E-state index is 4.26. The predicted octanol–water partition coefficient (Wildman–Crippen LogP) is 2.30. The second-order valence-corrected chi connectivity index (χ2v) is 3.43. The molecule has 0 amide bonds. The van der Waals surface area contributed by atoms with Crippen LogP contribution < -0.4 is 0 Å². The Bertz CT molecular complexity index is 253. The van der Waals surface area contributed by atoms with Crippen molar-refractivity contribution in [2.75, 3.05) is 5.33 Å². The zero-order valence-electron chi connectivity index (χ0n) is 7.20. The maximum atomic E-state index is 4.26. The van der Waals surface area contributed by atoms with Gasteiger partial charge < -0.3 is 0 Å². The van der Waals surface area contributed by atoms with Gasteiger partial charge in [-0.1, -0.05) is 28.1 Å². The molecule has 1 rings (SSSR count). The van der Waals surface area contributed by atoms with Gasteiger partial charge >= 0.3 is 0 Å². The molecule has 0 radical (unpaired) electrons. The molecule has 1 heterocycles. The summed E-state index contributed by atoms with van der Waals surface area (Å²) >= 11 is 3.37. The van der Waals surface area contributed by atoms with Crippen LogP contribution in [0, 0.1) is 0 Å². The quantitative estimate of drug-likeness (QED) is 0.572. The van der Waals surface area contributed by atoms with Gasteiger partial charge in [0.2, 0.25) is 0 Å². The van der Waals surface area contributed by atoms with Crippen molar-refractivity contribution in [3.8, 4) is 0 Å². The third kappa shape index (κ3) is 3.22. The van der Waals surface area contributed by atoms with Crippen LogP contribution in [0.2, 0.25) is 0 Å². The standard InChI is InChI=1S/C9H13BrN2/c1-12-8-6-9(11-12)5-3-2-4-7-10/h2-3,6,8H,4-5,7H2,1H3/b3-2+. The average Bonchev–Trinajstić information content (AvgIpc) is 2.45. The van der Waals surface area contributed by atoms with Gasteiger partial charge in [-0.2, -0.15) is 5.10 Å². The molecule has 0 fully saturated rings. The van der Waals surface area contributed by atoms with Crippen LogP contribution >= 0.6 is 15.9 Å². The normalized spacial score (nSPS) is 11.2. The largest absolute Gasteiger partial charge is 0.276 e. The Balaban J connectivity index is 2.33. The Kier molecular flexibility index (Phi) is 4.08. The van der Waals surface area contributed by atoms with Crippen molar-refractivity contribution in [2.24, 2.45) is 7.05 Å². The number of nitrogens with zero attached hydrogens (tertiary/aromatic N) is 2. The first-order valence-electron chi connectivity index (χ1n) is 4.02. The van der Waals surface area contributed by atoms with Gasteiger partial charge in [0.05, 0.1) is 5.69 Å². The number of hydrogen-bond acceptors (Lipinski definition) is 1. The van der Waals surface area contributed by atoms with Crippen LogP contribution in [0.25, 0.3) is 0 Å². The molecule has 0 aliphatic heterocycles. The van der Waals surface area contributed by atoms with E-state index in [0.29, 0.717) is 0 Å². The average molecular weight is 229 g/mol. The number of hydrogen-bond donors (Lipinski definition) is 0. The fourth-order valence-corrected chi connectivity index (χ4v) is 1.22. The molecule has 0 N–H and O–H groups in total. The molecule has 0 aliphatic rings. The molecule has 0 aromatic carbocycles. The van der Waals surface area contributed by atoms with E-state index in [2.05, 4.69) is 33.2 Å². The summed E-state index contributed by atoms with van der Waals surface area (Å²) in [6.07, 6.45) is 8.32. The van der Waals surface area contributed by atoms with Crippen molar-refractivity contribution >= 4 is 15.9 Å². The lowest BCUT2D eigenvalue weighted by Crippen LogP contribution is -1.89. The van der Waals surface area contributed by atoms with Crippen LogP contribution in [-0.2, 0) is 13.5 Å². The molecule has 0 saturated heterocycles. The van der Waals surface area contributed by atoms with Crippen LogP contribution in [0.5, 0.6) is 0 Å². The molecule has 0 aliphatic carbocycles. The third-order valence-corrected chi connectivity index (χ3v) is 2.00. The topological polar surface area (TPSA) is 17.8 Å². The highest BCUT2D eigenvalue weighted by Gasteiger charge is 1.91. The summed E-state index contributed by atoms with van der Waals surface area (Å²) in [7, 11) is 1.94. The molecule has 0 bridgehead atoms. The minimum Gasteiger partial charge on any atom is -0.276 e. The Morgan fingerprint density at radius 3 is 3.00 bits per heavy atom. The maximum Gasteiger partial charge on any atom is 0.0662 e. The van der Waals surface area contributed by atoms with E-state index in [9.17, 15) is 0 Å². The van der Waals surface area contributed by atoms with Crippen LogP contribution in [0.4, 0.5) is 0 Å². The van der Waals surface area contributed by atoms with E-state index in [1.165, 1.54) is 0 Å². The number of alkyl halides is 1. The molecule has 2 nitrogen and oxygen atoms in total. The zero-order chi connectivity index (χ0) is 8.81. The second kappa shape index (κ2) is 5.14. The van der Waals surface area contributed by atoms with Gasteiger partial charge in [0.25, 0.3) is 0 Å². The van der Waals surface area contributed by atoms with Gasteiger partial charge in [-0.25, -0.2) is 0 Å². The molecule has 0 saturated carbocycles. The molecule has 0 atom stereocenters. The highest BCUT2D eigenvalue weighted by Crippen LogP contribution is 1.97. The fourth-order valence-electron chi connectivity index (χ4n) is 0.957. The van der Waals surface area contributed by atoms with Crippen molar-refractivity contribution in [1.29, 1.82) is 0 Å². The minimum atomic E-state index is 0.938. The van der Waals surface area contributed by atoms with Crippen molar-refractivity contribution in [1.82, 2.24) is 9.78 Å². The van der Waals surface area contributed by atoms with Gasteiger partial charge in [-0.15, -0.1) is 0 Å². The van der Waals surface area contributed by atoms with E-state index in [-0.39, 0.29) is 0 Å². The number of halogens is 1. The lowest BCUT2D eigenvalue weighted by molar-refractivity contribution is 0.750. The summed E-state index contributed by atoms with van der Waals surface area (Å²) in [6.45, 7) is 0. The monoisotopic (exact) mass is 228 g/mol. The van der Waals surface area contributed by atoms with Crippen LogP contribution in [0.15, 0.2) is 24.4 Å². The first-order chi connectivity index (χ1) is 5.83. The van der Waals surface area contributed by atoms with E-state index < -0.39 is 0 Å². The van der Waals surface area contributed by atoms with Gasteiger partial charge in [0.1, 0.15) is 0 Å². The summed E-state index contributed by atoms with van der Waals surface area (Å²) in [4.78, 5) is 0. The second-order valence-electron chi connectivity index (χ2n) is 2.63. The molecule has 1 aromatic rings. The zero-order valence-corrected chi connectivity index (χ0v) is 8.79. The Labute approximate surface area is 81.4 Å². The number of allylic oxidation sites excluding steroid dienone is 2. The van der Waals surface area contributed by atoms with Gasteiger partial charge in [-0.05, 0) is 12.5 Å². The Hall–Kier alpha value is -0.570. The van der Waals surface area contributed by atoms with E-state index in [0.717, 1.165) is 23.9 Å². The molecule has 0 unspecified atom stereocenters. The summed E-state index contributed by atoms with van der Waals surface area (Å²) in [6, 6.07) is 2.04. The Morgan fingerprint density at radius 1 is 1.58 bits per heavy atom. The van der Waals surface area contributed by atoms with E-state index >= 15 is 0 Å². The van der Waals surface area contributed by atoms with Crippen molar-refractivity contribution in [3.05, 3.63) is 30.1 Å². The van der Waals surface area contributed by atoms with Crippen molar-refractivity contribution in [3.63, 3.8) is 0 Å². The lowest BCUT2D eigenvalue weighted by atomic mass is 10.3. The molecule has 1 aromatic heterocycles. The van der Waals surface area contributed by atoms with Gasteiger partial charge in [0.15, 0.2) is 0 Å². The molecule has 3 heteroatoms. The molecule has 66 valence electrons. The molecular formula is C9H13BrN2. The number of aryl methyl sites for hydroxylation is 1.